The van der Waals surface area contributed by atoms with Gasteiger partial charge in [0, 0.05) is 25.8 Å². The van der Waals surface area contributed by atoms with E-state index < -0.39 is 0 Å². The number of aromatic nitrogens is 2. The summed E-state index contributed by atoms with van der Waals surface area (Å²) in [6, 6.07) is 11.1. The van der Waals surface area contributed by atoms with E-state index in [2.05, 4.69) is 44.8 Å². The Kier molecular flexibility index (Phi) is 3.85. The molecule has 1 fully saturated rings. The van der Waals surface area contributed by atoms with E-state index >= 15 is 0 Å². The van der Waals surface area contributed by atoms with Gasteiger partial charge in [0.15, 0.2) is 0 Å². The molecule has 4 nitrogen and oxygen atoms in total. The van der Waals surface area contributed by atoms with E-state index in [4.69, 9.17) is 5.73 Å². The number of benzene rings is 1. The largest absolute Gasteiger partial charge is 0.336 e. The third-order valence-electron chi connectivity index (χ3n) is 4.17. The third kappa shape index (κ3) is 2.62. The average Bonchev–Trinajstić information content (AvgIpc) is 2.86. The lowest BCUT2D eigenvalue weighted by Crippen LogP contribution is -2.46. The second kappa shape index (κ2) is 5.77. The van der Waals surface area contributed by atoms with E-state index in [0.29, 0.717) is 0 Å². The molecule has 2 atom stereocenters. The maximum atomic E-state index is 6.40. The van der Waals surface area contributed by atoms with Gasteiger partial charge in [-0.25, -0.2) is 4.98 Å². The first-order chi connectivity index (χ1) is 9.75. The Morgan fingerprint density at radius 1 is 1.30 bits per heavy atom. The molecule has 1 saturated heterocycles. The van der Waals surface area contributed by atoms with Gasteiger partial charge >= 0.3 is 0 Å². The summed E-state index contributed by atoms with van der Waals surface area (Å²) in [7, 11) is 2.05. The van der Waals surface area contributed by atoms with Gasteiger partial charge in [-0.2, -0.15) is 0 Å². The summed E-state index contributed by atoms with van der Waals surface area (Å²) < 4.78 is 2.09. The van der Waals surface area contributed by atoms with Crippen LogP contribution in [-0.4, -0.2) is 27.0 Å². The van der Waals surface area contributed by atoms with Crippen LogP contribution in [0.5, 0.6) is 0 Å². The van der Waals surface area contributed by atoms with Crippen LogP contribution in [0.3, 0.4) is 0 Å². The molecule has 3 rings (SSSR count). The molecule has 1 aliphatic heterocycles. The Hall–Kier alpha value is -1.65. The molecule has 2 heterocycles. The van der Waals surface area contributed by atoms with Crippen LogP contribution < -0.4 is 5.73 Å². The van der Waals surface area contributed by atoms with Crippen molar-refractivity contribution < 1.29 is 0 Å². The number of aryl methyl sites for hydroxylation is 1. The molecular weight excluding hydrogens is 248 g/mol. The van der Waals surface area contributed by atoms with Gasteiger partial charge in [0.25, 0.3) is 0 Å². The molecule has 2 unspecified atom stereocenters. The summed E-state index contributed by atoms with van der Waals surface area (Å²) in [5.41, 5.74) is 8.96. The third-order valence-corrected chi connectivity index (χ3v) is 4.17. The van der Waals surface area contributed by atoms with Gasteiger partial charge in [0.2, 0.25) is 0 Å². The van der Waals surface area contributed by atoms with Crippen LogP contribution in [0.2, 0.25) is 0 Å². The van der Waals surface area contributed by atoms with Crippen LogP contribution in [-0.2, 0) is 13.6 Å². The van der Waals surface area contributed by atoms with Crippen molar-refractivity contribution in [1.82, 2.24) is 14.5 Å². The van der Waals surface area contributed by atoms with Crippen LogP contribution in [0.4, 0.5) is 0 Å². The quantitative estimate of drug-likeness (QED) is 0.929. The Balaban J connectivity index is 1.85. The number of rotatable bonds is 3. The highest BCUT2D eigenvalue weighted by Gasteiger charge is 2.32. The fraction of sp³-hybridized carbons (Fsp3) is 0.438. The van der Waals surface area contributed by atoms with Crippen LogP contribution in [0.25, 0.3) is 0 Å². The van der Waals surface area contributed by atoms with Crippen molar-refractivity contribution in [3.05, 3.63) is 54.1 Å². The second-order valence-electron chi connectivity index (χ2n) is 5.64. The van der Waals surface area contributed by atoms with Crippen molar-refractivity contribution >= 4 is 0 Å². The van der Waals surface area contributed by atoms with Crippen LogP contribution in [0.1, 0.15) is 30.1 Å². The molecule has 1 aliphatic rings. The summed E-state index contributed by atoms with van der Waals surface area (Å²) in [4.78, 5) is 6.74. The second-order valence-corrected chi connectivity index (χ2v) is 5.64. The molecule has 4 heteroatoms. The molecular formula is C16H22N4. The summed E-state index contributed by atoms with van der Waals surface area (Å²) >= 11 is 0. The monoisotopic (exact) mass is 270 g/mol. The number of likely N-dealkylation sites (tertiary alicyclic amines) is 1. The highest BCUT2D eigenvalue weighted by atomic mass is 15.2. The maximum absolute atomic E-state index is 6.40. The summed E-state index contributed by atoms with van der Waals surface area (Å²) in [6.07, 6.45) is 6.06. The molecule has 1 aromatic carbocycles. The summed E-state index contributed by atoms with van der Waals surface area (Å²) in [5, 5.41) is 0. The van der Waals surface area contributed by atoms with Crippen molar-refractivity contribution in [2.75, 3.05) is 6.54 Å². The SMILES string of the molecule is Cn1cncc1C1C(N)CCCN1Cc1ccccc1. The average molecular weight is 270 g/mol. The van der Waals surface area contributed by atoms with E-state index in [0.717, 1.165) is 19.5 Å². The zero-order valence-corrected chi connectivity index (χ0v) is 11.9. The van der Waals surface area contributed by atoms with Gasteiger partial charge in [-0.1, -0.05) is 30.3 Å². The number of hydrogen-bond donors (Lipinski definition) is 1. The molecule has 1 aromatic heterocycles. The topological polar surface area (TPSA) is 47.1 Å². The standard InChI is InChI=1S/C16H22N4/c1-19-12-18-10-15(19)16-14(17)8-5-9-20(16)11-13-6-3-2-4-7-13/h2-4,6-7,10,12,14,16H,5,8-9,11,17H2,1H3. The lowest BCUT2D eigenvalue weighted by Gasteiger charge is -2.39. The first kappa shape index (κ1) is 13.3. The number of imidazole rings is 1. The lowest BCUT2D eigenvalue weighted by molar-refractivity contribution is 0.115. The number of nitrogens with two attached hydrogens (primary N) is 1. The van der Waals surface area contributed by atoms with Gasteiger partial charge in [-0.3, -0.25) is 4.90 Å². The molecule has 0 saturated carbocycles. The molecule has 0 aliphatic carbocycles. The van der Waals surface area contributed by atoms with E-state index in [-0.39, 0.29) is 12.1 Å². The van der Waals surface area contributed by atoms with Crippen LogP contribution >= 0.6 is 0 Å². The van der Waals surface area contributed by atoms with Crippen molar-refractivity contribution in [3.63, 3.8) is 0 Å². The van der Waals surface area contributed by atoms with E-state index in [1.54, 1.807) is 0 Å². The zero-order valence-electron chi connectivity index (χ0n) is 11.9. The minimum atomic E-state index is 0.183. The van der Waals surface area contributed by atoms with Crippen LogP contribution in [0, 0.1) is 0 Å². The van der Waals surface area contributed by atoms with Crippen molar-refractivity contribution in [2.24, 2.45) is 12.8 Å². The fourth-order valence-corrected chi connectivity index (χ4v) is 3.15. The van der Waals surface area contributed by atoms with Crippen molar-refractivity contribution in [2.45, 2.75) is 31.5 Å². The maximum Gasteiger partial charge on any atom is 0.0946 e. The van der Waals surface area contributed by atoms with E-state index in [9.17, 15) is 0 Å². The highest BCUT2D eigenvalue weighted by molar-refractivity contribution is 5.17. The highest BCUT2D eigenvalue weighted by Crippen LogP contribution is 2.31. The molecule has 0 spiro atoms. The van der Waals surface area contributed by atoms with Gasteiger partial charge in [-0.05, 0) is 24.9 Å². The number of hydrogen-bond acceptors (Lipinski definition) is 3. The summed E-state index contributed by atoms with van der Waals surface area (Å²) in [6.45, 7) is 2.04. The molecule has 20 heavy (non-hydrogen) atoms. The molecule has 2 aromatic rings. The van der Waals surface area contributed by atoms with Gasteiger partial charge in [0.1, 0.15) is 0 Å². The normalized spacial score (nSPS) is 23.9. The predicted octanol–water partition coefficient (Wildman–Crippen LogP) is 2.08. The Labute approximate surface area is 120 Å². The van der Waals surface area contributed by atoms with E-state index in [1.807, 2.05) is 19.6 Å². The number of nitrogens with zero attached hydrogens (tertiary/aromatic N) is 3. The summed E-state index contributed by atoms with van der Waals surface area (Å²) in [5.74, 6) is 0. The molecule has 106 valence electrons. The Bertz CT molecular complexity index is 549. The van der Waals surface area contributed by atoms with E-state index in [1.165, 1.54) is 17.7 Å². The predicted molar refractivity (Wildman–Crippen MR) is 80.0 cm³/mol. The van der Waals surface area contributed by atoms with Crippen LogP contribution in [0.15, 0.2) is 42.9 Å². The van der Waals surface area contributed by atoms with Gasteiger partial charge in [-0.15, -0.1) is 0 Å². The first-order valence-electron chi connectivity index (χ1n) is 7.25. The minimum absolute atomic E-state index is 0.183. The van der Waals surface area contributed by atoms with Gasteiger partial charge in [0.05, 0.1) is 18.1 Å². The van der Waals surface area contributed by atoms with Gasteiger partial charge < -0.3 is 10.3 Å². The number of piperidine rings is 1. The Morgan fingerprint density at radius 2 is 2.10 bits per heavy atom. The minimum Gasteiger partial charge on any atom is -0.336 e. The molecule has 0 radical (unpaired) electrons. The van der Waals surface area contributed by atoms with Crippen molar-refractivity contribution in [3.8, 4) is 0 Å². The first-order valence-corrected chi connectivity index (χ1v) is 7.25. The molecule has 2 N–H and O–H groups in total. The lowest BCUT2D eigenvalue weighted by atomic mass is 9.94. The molecule has 0 amide bonds. The fourth-order valence-electron chi connectivity index (χ4n) is 3.15. The van der Waals surface area contributed by atoms with Crippen molar-refractivity contribution in [1.29, 1.82) is 0 Å². The smallest absolute Gasteiger partial charge is 0.0946 e. The zero-order chi connectivity index (χ0) is 13.9. The molecule has 0 bridgehead atoms. The Morgan fingerprint density at radius 3 is 2.80 bits per heavy atom.